The van der Waals surface area contributed by atoms with E-state index in [4.69, 9.17) is 23.2 Å². The van der Waals surface area contributed by atoms with E-state index in [1.54, 1.807) is 17.6 Å². The fraction of sp³-hybridized carbons (Fsp3) is 0.0556. The highest BCUT2D eigenvalue weighted by molar-refractivity contribution is 7.10. The summed E-state index contributed by atoms with van der Waals surface area (Å²) in [5, 5.41) is 6.62. The van der Waals surface area contributed by atoms with Crippen LogP contribution in [0.15, 0.2) is 42.0 Å². The minimum absolute atomic E-state index is 0.0139. The number of benzene rings is 1. The summed E-state index contributed by atoms with van der Waals surface area (Å²) in [4.78, 5) is 8.36. The van der Waals surface area contributed by atoms with Gasteiger partial charge in [0, 0.05) is 17.1 Å². The van der Waals surface area contributed by atoms with Crippen molar-refractivity contribution in [2.24, 2.45) is 0 Å². The molecule has 0 radical (unpaired) electrons. The number of halogens is 5. The van der Waals surface area contributed by atoms with Crippen molar-refractivity contribution in [3.05, 3.63) is 68.3 Å². The zero-order chi connectivity index (χ0) is 19.9. The van der Waals surface area contributed by atoms with Crippen molar-refractivity contribution in [3.8, 4) is 23.1 Å². The second-order valence-electron chi connectivity index (χ2n) is 5.53. The molecule has 10 heteroatoms. The zero-order valence-electron chi connectivity index (χ0n) is 13.6. The van der Waals surface area contributed by atoms with Crippen molar-refractivity contribution in [2.75, 3.05) is 0 Å². The Bertz CT molecular complexity index is 1240. The molecule has 0 bridgehead atoms. The molecule has 140 valence electrons. The van der Waals surface area contributed by atoms with Crippen molar-refractivity contribution in [1.29, 1.82) is 0 Å². The molecule has 0 saturated heterocycles. The molecule has 0 unspecified atom stereocenters. The maximum atomic E-state index is 13.6. The number of alkyl halides is 3. The summed E-state index contributed by atoms with van der Waals surface area (Å²) in [6.07, 6.45) is -1.80. The molecule has 0 saturated carbocycles. The summed E-state index contributed by atoms with van der Waals surface area (Å²) in [6.45, 7) is 0. The van der Waals surface area contributed by atoms with E-state index in [-0.39, 0.29) is 21.9 Å². The Hall–Kier alpha value is -2.60. The van der Waals surface area contributed by atoms with Crippen LogP contribution >= 0.6 is 34.5 Å². The van der Waals surface area contributed by atoms with Crippen molar-refractivity contribution in [3.63, 3.8) is 0 Å². The van der Waals surface area contributed by atoms with Crippen molar-refractivity contribution in [2.45, 2.75) is 6.18 Å². The number of hydrogen-bond donors (Lipinski definition) is 0. The van der Waals surface area contributed by atoms with E-state index in [9.17, 15) is 13.2 Å². The Morgan fingerprint density at radius 3 is 2.57 bits per heavy atom. The van der Waals surface area contributed by atoms with Crippen LogP contribution in [0.25, 0.3) is 16.9 Å². The Morgan fingerprint density at radius 1 is 1.07 bits per heavy atom. The first-order chi connectivity index (χ1) is 13.3. The van der Waals surface area contributed by atoms with Gasteiger partial charge >= 0.3 is 6.18 Å². The Balaban J connectivity index is 1.93. The lowest BCUT2D eigenvalue weighted by Crippen LogP contribution is -2.13. The molecule has 28 heavy (non-hydrogen) atoms. The summed E-state index contributed by atoms with van der Waals surface area (Å²) in [5.41, 5.74) is -0.262. The summed E-state index contributed by atoms with van der Waals surface area (Å²) >= 11 is 13.2. The lowest BCUT2D eigenvalue weighted by atomic mass is 10.1. The largest absolute Gasteiger partial charge is 0.433 e. The molecule has 0 amide bonds. The second kappa shape index (κ2) is 7.09. The van der Waals surface area contributed by atoms with Gasteiger partial charge in [0.25, 0.3) is 0 Å². The number of thiazole rings is 1. The average molecular weight is 439 g/mol. The van der Waals surface area contributed by atoms with Gasteiger partial charge in [-0.15, -0.1) is 11.3 Å². The van der Waals surface area contributed by atoms with E-state index in [1.807, 2.05) is 0 Å². The van der Waals surface area contributed by atoms with E-state index < -0.39 is 11.9 Å². The quantitative estimate of drug-likeness (QED) is 0.364. The first-order valence-electron chi connectivity index (χ1n) is 7.66. The van der Waals surface area contributed by atoms with Crippen LogP contribution < -0.4 is 0 Å². The third-order valence-electron chi connectivity index (χ3n) is 3.71. The third-order valence-corrected chi connectivity index (χ3v) is 5.14. The first kappa shape index (κ1) is 18.7. The summed E-state index contributed by atoms with van der Waals surface area (Å²) in [7, 11) is 0. The predicted molar refractivity (Wildman–Crippen MR) is 102 cm³/mol. The van der Waals surface area contributed by atoms with Crippen molar-refractivity contribution < 1.29 is 13.2 Å². The van der Waals surface area contributed by atoms with Gasteiger partial charge in [0.1, 0.15) is 0 Å². The Labute approximate surface area is 170 Å². The fourth-order valence-electron chi connectivity index (χ4n) is 2.46. The van der Waals surface area contributed by atoms with Crippen LogP contribution in [0.1, 0.15) is 16.3 Å². The number of hydrogen-bond acceptors (Lipinski definition) is 4. The molecular weight excluding hydrogens is 432 g/mol. The van der Waals surface area contributed by atoms with Gasteiger partial charge in [0.15, 0.2) is 16.3 Å². The van der Waals surface area contributed by atoms with Crippen LogP contribution in [-0.4, -0.2) is 19.6 Å². The number of fused-ring (bicyclic) bond motifs is 1. The van der Waals surface area contributed by atoms with Crippen LogP contribution in [0.4, 0.5) is 13.2 Å². The second-order valence-corrected chi connectivity index (χ2v) is 7.24. The number of rotatable bonds is 1. The van der Waals surface area contributed by atoms with Gasteiger partial charge in [-0.25, -0.2) is 14.5 Å². The van der Waals surface area contributed by atoms with Crippen molar-refractivity contribution >= 4 is 40.2 Å². The Morgan fingerprint density at radius 2 is 1.89 bits per heavy atom. The van der Waals surface area contributed by atoms with Gasteiger partial charge in [-0.2, -0.15) is 18.3 Å². The van der Waals surface area contributed by atoms with E-state index >= 15 is 0 Å². The molecule has 3 aromatic heterocycles. The predicted octanol–water partition coefficient (Wildman–Crippen LogP) is 5.58. The lowest BCUT2D eigenvalue weighted by Gasteiger charge is -2.11. The highest BCUT2D eigenvalue weighted by atomic mass is 35.5. The average Bonchev–Trinajstić information content (AvgIpc) is 3.30. The fourth-order valence-corrected chi connectivity index (χ4v) is 3.24. The molecule has 0 fully saturated rings. The molecule has 4 rings (SSSR count). The van der Waals surface area contributed by atoms with E-state index in [0.717, 1.165) is 10.6 Å². The molecule has 0 aliphatic heterocycles. The van der Waals surface area contributed by atoms with Crippen LogP contribution in [0.5, 0.6) is 0 Å². The van der Waals surface area contributed by atoms with E-state index in [1.165, 1.54) is 29.7 Å². The minimum atomic E-state index is -4.64. The highest BCUT2D eigenvalue weighted by Crippen LogP contribution is 2.34. The molecule has 4 aromatic rings. The monoisotopic (exact) mass is 438 g/mol. The SMILES string of the molecule is FC(F)(F)c1cc(-c2ccc(Cl)c(Cl)c2)nc2c(C#Cc3nccs3)cnn12. The van der Waals surface area contributed by atoms with Gasteiger partial charge in [-0.05, 0) is 24.1 Å². The van der Waals surface area contributed by atoms with Gasteiger partial charge in [-0.1, -0.05) is 35.2 Å². The number of nitrogens with zero attached hydrogens (tertiary/aromatic N) is 4. The van der Waals surface area contributed by atoms with E-state index in [2.05, 4.69) is 26.9 Å². The molecule has 0 spiro atoms. The molecule has 3 heterocycles. The highest BCUT2D eigenvalue weighted by Gasteiger charge is 2.35. The van der Waals surface area contributed by atoms with Crippen molar-refractivity contribution in [1.82, 2.24) is 19.6 Å². The summed E-state index contributed by atoms with van der Waals surface area (Å²) < 4.78 is 41.5. The smallest absolute Gasteiger partial charge is 0.236 e. The maximum Gasteiger partial charge on any atom is 0.433 e. The lowest BCUT2D eigenvalue weighted by molar-refractivity contribution is -0.142. The normalized spacial score (nSPS) is 11.5. The summed E-state index contributed by atoms with van der Waals surface area (Å²) in [6, 6.07) is 5.42. The van der Waals surface area contributed by atoms with Crippen LogP contribution in [0, 0.1) is 11.8 Å². The zero-order valence-corrected chi connectivity index (χ0v) is 16.0. The third kappa shape index (κ3) is 3.56. The molecule has 0 N–H and O–H groups in total. The van der Waals surface area contributed by atoms with Crippen LogP contribution in [0.3, 0.4) is 0 Å². The molecule has 0 aliphatic carbocycles. The van der Waals surface area contributed by atoms with Crippen LogP contribution in [0.2, 0.25) is 10.0 Å². The van der Waals surface area contributed by atoms with Gasteiger partial charge in [0.2, 0.25) is 0 Å². The van der Waals surface area contributed by atoms with Gasteiger partial charge in [-0.3, -0.25) is 0 Å². The van der Waals surface area contributed by atoms with Crippen LogP contribution in [-0.2, 0) is 6.18 Å². The summed E-state index contributed by atoms with van der Waals surface area (Å²) in [5.74, 6) is 5.58. The maximum absolute atomic E-state index is 13.6. The number of aromatic nitrogens is 4. The first-order valence-corrected chi connectivity index (χ1v) is 9.29. The molecule has 0 aliphatic rings. The molecule has 1 aromatic carbocycles. The standard InChI is InChI=1S/C18H7Cl2F3N4S/c19-12-3-1-10(7-13(12)20)14-8-15(18(21,22)23)27-17(26-14)11(9-25-27)2-4-16-24-5-6-28-16/h1,3,5-9H. The van der Waals surface area contributed by atoms with Gasteiger partial charge in [0.05, 0.1) is 27.5 Å². The molecule has 4 nitrogen and oxygen atoms in total. The minimum Gasteiger partial charge on any atom is -0.236 e. The topological polar surface area (TPSA) is 43.1 Å². The van der Waals surface area contributed by atoms with E-state index in [0.29, 0.717) is 15.6 Å². The molecular formula is C18H7Cl2F3N4S. The Kier molecular flexibility index (Phi) is 4.75. The van der Waals surface area contributed by atoms with Gasteiger partial charge < -0.3 is 0 Å². The molecule has 0 atom stereocenters.